The van der Waals surface area contributed by atoms with Crippen LogP contribution in [0.25, 0.3) is 33.1 Å². The van der Waals surface area contributed by atoms with E-state index in [0.717, 1.165) is 24.3 Å². The number of fused-ring (bicyclic) bond motifs is 4. The van der Waals surface area contributed by atoms with E-state index in [2.05, 4.69) is 15.6 Å². The number of hydrogen-bond acceptors (Lipinski definition) is 6. The van der Waals surface area contributed by atoms with Crippen molar-refractivity contribution in [1.82, 2.24) is 19.4 Å². The topological polar surface area (TPSA) is 93.4 Å². The Morgan fingerprint density at radius 3 is 2.46 bits per heavy atom. The number of carbonyl (C=O) groups is 2. The van der Waals surface area contributed by atoms with Gasteiger partial charge in [0.05, 0.1) is 41.0 Å². The number of likely N-dealkylation sites (N-methyl/N-ethyl adjacent to an activating group) is 1. The molecule has 2 aromatic heterocycles. The Bertz CT molecular complexity index is 2230. The Hall–Kier alpha value is -5.08. The summed E-state index contributed by atoms with van der Waals surface area (Å²) in [5.74, 6) is -3.26. The van der Waals surface area contributed by atoms with Gasteiger partial charge in [-0.2, -0.15) is 13.2 Å². The SMILES string of the molecule is Cc1nc2c3c(c(C(F)(F)F)cc2n1C)-c1cccc2c(C(=O)c4cc(F)c(NC(=O)/C=C/CNC5(C)COC5)c(F)c4)cn(c12)CCN3C. The second kappa shape index (κ2) is 12.1. The predicted octanol–water partition coefficient (Wildman–Crippen LogP) is 6.35. The summed E-state index contributed by atoms with van der Waals surface area (Å²) in [6, 6.07) is 7.50. The van der Waals surface area contributed by atoms with Crippen molar-refractivity contribution in [2.75, 3.05) is 43.6 Å². The second-order valence-electron chi connectivity index (χ2n) is 13.1. The highest BCUT2D eigenvalue weighted by atomic mass is 19.4. The molecule has 14 heteroatoms. The molecule has 0 unspecified atom stereocenters. The van der Waals surface area contributed by atoms with Crippen LogP contribution in [0.3, 0.4) is 0 Å². The molecular formula is C36H33F5N6O3. The van der Waals surface area contributed by atoms with Crippen LogP contribution in [0, 0.1) is 18.6 Å². The number of rotatable bonds is 7. The number of aryl methyl sites for hydroxylation is 2. The molecule has 9 nitrogen and oxygen atoms in total. The molecule has 2 aliphatic heterocycles. The van der Waals surface area contributed by atoms with Crippen LogP contribution in [0.15, 0.2) is 54.7 Å². The lowest BCUT2D eigenvalue weighted by atomic mass is 9.92. The van der Waals surface area contributed by atoms with Gasteiger partial charge in [0.1, 0.15) is 28.7 Å². The van der Waals surface area contributed by atoms with Gasteiger partial charge in [-0.05, 0) is 32.0 Å². The molecule has 1 amide bonds. The third-order valence-corrected chi connectivity index (χ3v) is 9.46. The zero-order valence-corrected chi connectivity index (χ0v) is 27.6. The van der Waals surface area contributed by atoms with Crippen molar-refractivity contribution in [1.29, 1.82) is 0 Å². The molecule has 0 aliphatic carbocycles. The van der Waals surface area contributed by atoms with E-state index in [4.69, 9.17) is 4.74 Å². The number of ketones is 1. The number of nitrogens with zero attached hydrogens (tertiary/aromatic N) is 4. The van der Waals surface area contributed by atoms with Crippen molar-refractivity contribution >= 4 is 45.0 Å². The number of amides is 1. The number of anilines is 2. The number of halogens is 5. The summed E-state index contributed by atoms with van der Waals surface area (Å²) in [7, 11) is 3.37. The molecule has 0 radical (unpaired) electrons. The molecule has 260 valence electrons. The van der Waals surface area contributed by atoms with Crippen LogP contribution in [0.5, 0.6) is 0 Å². The van der Waals surface area contributed by atoms with Crippen LogP contribution < -0.4 is 15.5 Å². The number of aromatic nitrogens is 3. The number of nitrogens with one attached hydrogen (secondary N) is 2. The zero-order valence-electron chi connectivity index (χ0n) is 27.6. The molecular weight excluding hydrogens is 659 g/mol. The number of ether oxygens (including phenoxy) is 1. The fourth-order valence-corrected chi connectivity index (χ4v) is 6.70. The minimum absolute atomic E-state index is 0.0628. The maximum atomic E-state index is 15.3. The number of imidazole rings is 1. The second-order valence-corrected chi connectivity index (χ2v) is 13.1. The molecule has 1 saturated heterocycles. The van der Waals surface area contributed by atoms with Crippen molar-refractivity contribution in [3.63, 3.8) is 0 Å². The lowest BCUT2D eigenvalue weighted by molar-refractivity contribution is -0.137. The van der Waals surface area contributed by atoms with Gasteiger partial charge in [-0.25, -0.2) is 13.8 Å². The van der Waals surface area contributed by atoms with Crippen molar-refractivity contribution in [3.05, 3.63) is 88.9 Å². The van der Waals surface area contributed by atoms with E-state index in [1.807, 2.05) is 6.92 Å². The summed E-state index contributed by atoms with van der Waals surface area (Å²) in [6.45, 7) is 5.68. The minimum Gasteiger partial charge on any atom is -0.377 e. The Labute approximate surface area is 283 Å². The quantitative estimate of drug-likeness (QED) is 0.117. The Balaban J connectivity index is 1.26. The van der Waals surface area contributed by atoms with Crippen LogP contribution in [0.2, 0.25) is 0 Å². The van der Waals surface area contributed by atoms with Gasteiger partial charge in [0.15, 0.2) is 5.78 Å². The van der Waals surface area contributed by atoms with E-state index in [-0.39, 0.29) is 34.3 Å². The standard InChI is InChI=1S/C36H33F5N6O3/c1-19-43-31-27(46(19)4)15-24(36(39,40)41)29-22-8-5-7-21-23(16-47(32(21)22)12-11-45(3)33(29)31)34(49)20-13-25(37)30(26(38)14-20)44-28(48)9-6-10-42-35(2)17-50-18-35/h5-9,13-16,42H,10-12,17-18H2,1-4H3,(H,44,48)/b9-6+. The lowest BCUT2D eigenvalue weighted by Crippen LogP contribution is -2.58. The fourth-order valence-electron chi connectivity index (χ4n) is 6.70. The molecule has 4 heterocycles. The number of para-hydroxylation sites is 1. The van der Waals surface area contributed by atoms with Crippen molar-refractivity contribution in [2.24, 2.45) is 7.05 Å². The van der Waals surface area contributed by atoms with Gasteiger partial charge in [-0.15, -0.1) is 0 Å². The molecule has 2 N–H and O–H groups in total. The van der Waals surface area contributed by atoms with E-state index in [0.29, 0.717) is 59.8 Å². The third kappa shape index (κ3) is 5.61. The van der Waals surface area contributed by atoms with E-state index in [9.17, 15) is 22.8 Å². The summed E-state index contributed by atoms with van der Waals surface area (Å²) in [6.07, 6.45) is -0.557. The average molecular weight is 693 g/mol. The summed E-state index contributed by atoms with van der Waals surface area (Å²) in [4.78, 5) is 32.7. The van der Waals surface area contributed by atoms with Crippen LogP contribution >= 0.6 is 0 Å². The van der Waals surface area contributed by atoms with Crippen LogP contribution in [-0.2, 0) is 29.3 Å². The summed E-state index contributed by atoms with van der Waals surface area (Å²) in [5.41, 5.74) is -0.373. The van der Waals surface area contributed by atoms with E-state index in [1.54, 1.807) is 53.3 Å². The molecule has 2 aliphatic rings. The molecule has 50 heavy (non-hydrogen) atoms. The Morgan fingerprint density at radius 2 is 1.80 bits per heavy atom. The molecule has 3 aromatic carbocycles. The largest absolute Gasteiger partial charge is 0.417 e. The van der Waals surface area contributed by atoms with Crippen LogP contribution in [0.1, 0.15) is 34.2 Å². The maximum Gasteiger partial charge on any atom is 0.417 e. The van der Waals surface area contributed by atoms with Crippen LogP contribution in [-0.4, -0.2) is 64.7 Å². The highest BCUT2D eigenvalue weighted by molar-refractivity contribution is 6.19. The van der Waals surface area contributed by atoms with Crippen molar-refractivity contribution < 1.29 is 36.3 Å². The maximum absolute atomic E-state index is 15.3. The first-order chi connectivity index (χ1) is 23.7. The number of benzene rings is 3. The van der Waals surface area contributed by atoms with Crippen molar-refractivity contribution in [2.45, 2.75) is 32.1 Å². The van der Waals surface area contributed by atoms with Crippen LogP contribution in [0.4, 0.5) is 33.3 Å². The minimum atomic E-state index is -4.72. The third-order valence-electron chi connectivity index (χ3n) is 9.46. The molecule has 0 bridgehead atoms. The van der Waals surface area contributed by atoms with Gasteiger partial charge >= 0.3 is 6.18 Å². The van der Waals surface area contributed by atoms with Gasteiger partial charge in [0.2, 0.25) is 5.91 Å². The first-order valence-corrected chi connectivity index (χ1v) is 15.9. The van der Waals surface area contributed by atoms with E-state index >= 15 is 8.78 Å². The predicted molar refractivity (Wildman–Crippen MR) is 179 cm³/mol. The zero-order chi connectivity index (χ0) is 35.7. The molecule has 0 atom stereocenters. The fraction of sp³-hybridized carbons (Fsp3) is 0.306. The molecule has 0 spiro atoms. The average Bonchev–Trinajstić information content (AvgIpc) is 3.56. The first-order valence-electron chi connectivity index (χ1n) is 15.9. The Morgan fingerprint density at radius 1 is 1.08 bits per heavy atom. The lowest BCUT2D eigenvalue weighted by Gasteiger charge is -2.38. The number of hydrogen-bond donors (Lipinski definition) is 2. The monoisotopic (exact) mass is 692 g/mol. The van der Waals surface area contributed by atoms with Gasteiger partial charge in [-0.3, -0.25) is 9.59 Å². The van der Waals surface area contributed by atoms with E-state index < -0.39 is 40.8 Å². The summed E-state index contributed by atoms with van der Waals surface area (Å²) in [5, 5.41) is 5.71. The van der Waals surface area contributed by atoms with Crippen molar-refractivity contribution in [3.8, 4) is 11.1 Å². The van der Waals surface area contributed by atoms with Gasteiger partial charge in [0.25, 0.3) is 0 Å². The van der Waals surface area contributed by atoms with Gasteiger partial charge in [0, 0.05) is 73.6 Å². The molecule has 5 aromatic rings. The highest BCUT2D eigenvalue weighted by Crippen LogP contribution is 2.49. The number of carbonyl (C=O) groups excluding carboxylic acids is 2. The Kier molecular flexibility index (Phi) is 8.06. The summed E-state index contributed by atoms with van der Waals surface area (Å²) >= 11 is 0. The normalized spacial score (nSPS) is 15.7. The van der Waals surface area contributed by atoms with E-state index in [1.165, 1.54) is 12.3 Å². The van der Waals surface area contributed by atoms with Gasteiger partial charge < -0.3 is 29.4 Å². The smallest absolute Gasteiger partial charge is 0.377 e. The first kappa shape index (κ1) is 33.4. The molecule has 7 rings (SSSR count). The number of alkyl halides is 3. The summed E-state index contributed by atoms with van der Waals surface area (Å²) < 4.78 is 83.4. The molecule has 0 saturated carbocycles. The highest BCUT2D eigenvalue weighted by Gasteiger charge is 2.39. The van der Waals surface area contributed by atoms with Gasteiger partial charge in [-0.1, -0.05) is 24.3 Å². The molecule has 1 fully saturated rings.